The third-order valence-electron chi connectivity index (χ3n) is 3.94. The highest BCUT2D eigenvalue weighted by molar-refractivity contribution is 7.80. The zero-order valence-electron chi connectivity index (χ0n) is 15.2. The van der Waals surface area contributed by atoms with Crippen molar-refractivity contribution in [3.63, 3.8) is 0 Å². The number of carbonyl (C=O) groups excluding carboxylic acids is 2. The third kappa shape index (κ3) is 5.25. The predicted octanol–water partition coefficient (Wildman–Crippen LogP) is 4.37. The molecule has 3 aromatic rings. The topological polar surface area (TPSA) is 70.2 Å². The van der Waals surface area contributed by atoms with Crippen LogP contribution >= 0.6 is 12.2 Å². The fraction of sp³-hybridized carbons (Fsp3) is 0.0455. The highest BCUT2D eigenvalue weighted by Gasteiger charge is 2.08. The Labute approximate surface area is 168 Å². The molecule has 0 bridgehead atoms. The van der Waals surface area contributed by atoms with E-state index in [4.69, 9.17) is 12.2 Å². The molecule has 0 aliphatic rings. The second-order valence-electron chi connectivity index (χ2n) is 6.18. The van der Waals surface area contributed by atoms with Crippen molar-refractivity contribution in [2.75, 3.05) is 10.6 Å². The Balaban J connectivity index is 1.56. The number of hydrogen-bond acceptors (Lipinski definition) is 3. The highest BCUT2D eigenvalue weighted by Crippen LogP contribution is 2.15. The molecular weight excluding hydrogens is 370 g/mol. The van der Waals surface area contributed by atoms with Gasteiger partial charge in [-0.2, -0.15) is 0 Å². The van der Waals surface area contributed by atoms with Crippen molar-refractivity contribution >= 4 is 40.5 Å². The molecule has 0 saturated heterocycles. The fourth-order valence-corrected chi connectivity index (χ4v) is 2.76. The van der Waals surface area contributed by atoms with Gasteiger partial charge in [0.15, 0.2) is 5.11 Å². The first-order valence-corrected chi connectivity index (χ1v) is 9.07. The molecule has 2 amide bonds. The van der Waals surface area contributed by atoms with E-state index in [0.29, 0.717) is 22.5 Å². The average molecular weight is 389 g/mol. The van der Waals surface area contributed by atoms with Gasteiger partial charge in [-0.25, -0.2) is 0 Å². The molecule has 3 rings (SSSR count). The quantitative estimate of drug-likeness (QED) is 0.580. The molecule has 0 spiro atoms. The molecule has 3 N–H and O–H groups in total. The Morgan fingerprint density at radius 3 is 1.96 bits per heavy atom. The third-order valence-corrected chi connectivity index (χ3v) is 4.15. The van der Waals surface area contributed by atoms with E-state index in [1.165, 1.54) is 0 Å². The van der Waals surface area contributed by atoms with Crippen LogP contribution in [0.4, 0.5) is 11.4 Å². The van der Waals surface area contributed by atoms with E-state index in [-0.39, 0.29) is 16.9 Å². The molecule has 5 nitrogen and oxygen atoms in total. The van der Waals surface area contributed by atoms with Crippen LogP contribution < -0.4 is 16.0 Å². The van der Waals surface area contributed by atoms with E-state index in [1.807, 2.05) is 31.2 Å². The lowest BCUT2D eigenvalue weighted by Crippen LogP contribution is -2.34. The first kappa shape index (κ1) is 19.3. The van der Waals surface area contributed by atoms with Crippen molar-refractivity contribution in [1.82, 2.24) is 5.32 Å². The van der Waals surface area contributed by atoms with Gasteiger partial charge in [0, 0.05) is 22.5 Å². The number of nitrogens with one attached hydrogen (secondary N) is 3. The van der Waals surface area contributed by atoms with Gasteiger partial charge < -0.3 is 10.6 Å². The number of hydrogen-bond donors (Lipinski definition) is 3. The minimum Gasteiger partial charge on any atom is -0.332 e. The summed E-state index contributed by atoms with van der Waals surface area (Å²) < 4.78 is 0. The molecule has 6 heteroatoms. The molecule has 0 aliphatic heterocycles. The lowest BCUT2D eigenvalue weighted by Gasteiger charge is -2.11. The zero-order chi connectivity index (χ0) is 19.9. The summed E-state index contributed by atoms with van der Waals surface area (Å²) in [7, 11) is 0. The highest BCUT2D eigenvalue weighted by atomic mass is 32.1. The minimum absolute atomic E-state index is 0.171. The Morgan fingerprint density at radius 1 is 0.714 bits per heavy atom. The largest absolute Gasteiger partial charge is 0.332 e. The summed E-state index contributed by atoms with van der Waals surface area (Å²) in [6, 6.07) is 23.3. The van der Waals surface area contributed by atoms with E-state index >= 15 is 0 Å². The van der Waals surface area contributed by atoms with Crippen molar-refractivity contribution < 1.29 is 9.59 Å². The maximum Gasteiger partial charge on any atom is 0.257 e. The lowest BCUT2D eigenvalue weighted by molar-refractivity contribution is 0.0976. The first-order valence-electron chi connectivity index (χ1n) is 8.67. The van der Waals surface area contributed by atoms with E-state index in [2.05, 4.69) is 16.0 Å². The van der Waals surface area contributed by atoms with Crippen LogP contribution in [0.15, 0.2) is 78.9 Å². The number of thiocarbonyl (C=S) groups is 1. The molecule has 0 unspecified atom stereocenters. The van der Waals surface area contributed by atoms with Crippen LogP contribution in [0, 0.1) is 6.92 Å². The predicted molar refractivity (Wildman–Crippen MR) is 116 cm³/mol. The summed E-state index contributed by atoms with van der Waals surface area (Å²) in [5.41, 5.74) is 3.52. The summed E-state index contributed by atoms with van der Waals surface area (Å²) in [6.45, 7) is 1.94. The molecule has 3 aromatic carbocycles. The molecule has 0 saturated carbocycles. The Kier molecular flexibility index (Phi) is 6.14. The van der Waals surface area contributed by atoms with Crippen molar-refractivity contribution in [1.29, 1.82) is 0 Å². The molecule has 0 aliphatic carbocycles. The number of benzene rings is 3. The number of aryl methyl sites for hydroxylation is 1. The maximum atomic E-state index is 12.3. The van der Waals surface area contributed by atoms with Crippen LogP contribution in [0.1, 0.15) is 26.3 Å². The minimum atomic E-state index is -0.278. The average Bonchev–Trinajstić information content (AvgIpc) is 2.70. The molecular formula is C22H19N3O2S. The Hall–Kier alpha value is -3.51. The van der Waals surface area contributed by atoms with Gasteiger partial charge in [0.25, 0.3) is 11.8 Å². The SMILES string of the molecule is Cc1cccc(C(=O)Nc2ccc(NC(=S)NC(=O)c3ccccc3)cc2)c1. The maximum absolute atomic E-state index is 12.3. The molecule has 140 valence electrons. The van der Waals surface area contributed by atoms with Gasteiger partial charge in [0.2, 0.25) is 0 Å². The van der Waals surface area contributed by atoms with Crippen molar-refractivity contribution in [3.8, 4) is 0 Å². The van der Waals surface area contributed by atoms with E-state index < -0.39 is 0 Å². The Morgan fingerprint density at radius 2 is 1.32 bits per heavy atom. The van der Waals surface area contributed by atoms with E-state index in [1.54, 1.807) is 54.6 Å². The molecule has 0 fully saturated rings. The molecule has 0 atom stereocenters. The smallest absolute Gasteiger partial charge is 0.257 e. The van der Waals surface area contributed by atoms with Gasteiger partial charge in [-0.1, -0.05) is 35.9 Å². The first-order chi connectivity index (χ1) is 13.5. The van der Waals surface area contributed by atoms with Crippen LogP contribution in [-0.4, -0.2) is 16.9 Å². The number of rotatable bonds is 4. The van der Waals surface area contributed by atoms with Crippen LogP contribution in [0.2, 0.25) is 0 Å². The second-order valence-corrected chi connectivity index (χ2v) is 6.58. The van der Waals surface area contributed by atoms with Gasteiger partial charge in [-0.05, 0) is 67.7 Å². The molecule has 28 heavy (non-hydrogen) atoms. The lowest BCUT2D eigenvalue weighted by atomic mass is 10.1. The summed E-state index contributed by atoms with van der Waals surface area (Å²) in [5, 5.41) is 8.63. The zero-order valence-corrected chi connectivity index (χ0v) is 16.0. The Bertz CT molecular complexity index is 1000. The summed E-state index contributed by atoms with van der Waals surface area (Å²) in [6.07, 6.45) is 0. The van der Waals surface area contributed by atoms with Crippen LogP contribution in [-0.2, 0) is 0 Å². The van der Waals surface area contributed by atoms with E-state index in [9.17, 15) is 9.59 Å². The molecule has 0 aromatic heterocycles. The summed E-state index contributed by atoms with van der Waals surface area (Å²) in [5.74, 6) is -0.449. The second kappa shape index (κ2) is 8.92. The number of anilines is 2. The molecule has 0 radical (unpaired) electrons. The summed E-state index contributed by atoms with van der Waals surface area (Å²) >= 11 is 5.18. The van der Waals surface area contributed by atoms with Gasteiger partial charge in [-0.3, -0.25) is 14.9 Å². The van der Waals surface area contributed by atoms with Gasteiger partial charge in [0.1, 0.15) is 0 Å². The van der Waals surface area contributed by atoms with Gasteiger partial charge in [0.05, 0.1) is 0 Å². The van der Waals surface area contributed by atoms with Crippen LogP contribution in [0.3, 0.4) is 0 Å². The van der Waals surface area contributed by atoms with Crippen LogP contribution in [0.25, 0.3) is 0 Å². The number of carbonyl (C=O) groups is 2. The molecule has 0 heterocycles. The standard InChI is InChI=1S/C22H19N3O2S/c1-15-6-5-9-17(14-15)21(27)23-18-10-12-19(13-11-18)24-22(28)25-20(26)16-7-3-2-4-8-16/h2-14H,1H3,(H,23,27)(H2,24,25,26,28). The van der Waals surface area contributed by atoms with Crippen molar-refractivity contribution in [2.24, 2.45) is 0 Å². The van der Waals surface area contributed by atoms with Crippen molar-refractivity contribution in [2.45, 2.75) is 6.92 Å². The van der Waals surface area contributed by atoms with Gasteiger partial charge >= 0.3 is 0 Å². The monoisotopic (exact) mass is 389 g/mol. The summed E-state index contributed by atoms with van der Waals surface area (Å²) in [4.78, 5) is 24.4. The van der Waals surface area contributed by atoms with Crippen molar-refractivity contribution in [3.05, 3.63) is 95.6 Å². The number of amides is 2. The fourth-order valence-electron chi connectivity index (χ4n) is 2.55. The van der Waals surface area contributed by atoms with Crippen LogP contribution in [0.5, 0.6) is 0 Å². The van der Waals surface area contributed by atoms with E-state index in [0.717, 1.165) is 5.56 Å². The van der Waals surface area contributed by atoms with Gasteiger partial charge in [-0.15, -0.1) is 0 Å². The normalized spacial score (nSPS) is 10.0.